The van der Waals surface area contributed by atoms with Crippen molar-refractivity contribution in [1.29, 1.82) is 0 Å². The highest BCUT2D eigenvalue weighted by Crippen LogP contribution is 2.28. The van der Waals surface area contributed by atoms with Gasteiger partial charge in [-0.3, -0.25) is 4.55 Å². The van der Waals surface area contributed by atoms with Crippen LogP contribution in [0.3, 0.4) is 0 Å². The van der Waals surface area contributed by atoms with Gasteiger partial charge in [-0.15, -0.1) is 0 Å². The maximum absolute atomic E-state index is 11.8. The van der Waals surface area contributed by atoms with Crippen LogP contribution in [0.5, 0.6) is 0 Å². The first-order valence-corrected chi connectivity index (χ1v) is 8.62. The van der Waals surface area contributed by atoms with Crippen molar-refractivity contribution in [3.05, 3.63) is 0 Å². The summed E-state index contributed by atoms with van der Waals surface area (Å²) < 4.78 is 56.5. The van der Waals surface area contributed by atoms with Crippen LogP contribution < -0.4 is 0 Å². The summed E-state index contributed by atoms with van der Waals surface area (Å²) in [7, 11) is -7.88. The maximum Gasteiger partial charge on any atom is 0.397 e. The normalized spacial score (nSPS) is 26.9. The second kappa shape index (κ2) is 5.64. The van der Waals surface area contributed by atoms with Crippen LogP contribution >= 0.6 is 0 Å². The molecule has 0 spiro atoms. The second-order valence-electron chi connectivity index (χ2n) is 4.50. The molecule has 0 amide bonds. The topological polar surface area (TPSA) is 97.7 Å². The van der Waals surface area contributed by atoms with Crippen LogP contribution in [0, 0.1) is 5.92 Å². The molecule has 0 saturated heterocycles. The summed E-state index contributed by atoms with van der Waals surface area (Å²) in [6, 6.07) is 0. The molecule has 102 valence electrons. The van der Waals surface area contributed by atoms with Crippen molar-refractivity contribution in [2.45, 2.75) is 37.9 Å². The molecule has 1 rings (SSSR count). The highest BCUT2D eigenvalue weighted by atomic mass is 32.3. The van der Waals surface area contributed by atoms with E-state index in [1.165, 1.54) is 0 Å². The third kappa shape index (κ3) is 5.33. The van der Waals surface area contributed by atoms with Crippen LogP contribution in [0.4, 0.5) is 0 Å². The molecule has 17 heavy (non-hydrogen) atoms. The smallest absolute Gasteiger partial charge is 0.264 e. The van der Waals surface area contributed by atoms with E-state index in [0.717, 1.165) is 12.8 Å². The molecule has 6 nitrogen and oxygen atoms in total. The fourth-order valence-corrected chi connectivity index (χ4v) is 4.05. The molecule has 1 aliphatic rings. The Labute approximate surface area is 102 Å². The Kier molecular flexibility index (Phi) is 4.94. The molecule has 1 fully saturated rings. The quantitative estimate of drug-likeness (QED) is 0.751. The van der Waals surface area contributed by atoms with Crippen molar-refractivity contribution < 1.29 is 25.6 Å². The second-order valence-corrected chi connectivity index (χ2v) is 7.99. The van der Waals surface area contributed by atoms with Crippen LogP contribution in [0.25, 0.3) is 0 Å². The average molecular weight is 286 g/mol. The summed E-state index contributed by atoms with van der Waals surface area (Å²) in [6.07, 6.45) is 3.00. The number of rotatable bonds is 5. The van der Waals surface area contributed by atoms with Gasteiger partial charge in [-0.05, 0) is 31.6 Å². The van der Waals surface area contributed by atoms with E-state index in [0.29, 0.717) is 18.8 Å². The van der Waals surface area contributed by atoms with Gasteiger partial charge < -0.3 is 0 Å². The van der Waals surface area contributed by atoms with Gasteiger partial charge in [-0.2, -0.15) is 8.42 Å². The summed E-state index contributed by atoms with van der Waals surface area (Å²) in [6.45, 7) is 1.57. The summed E-state index contributed by atoms with van der Waals surface area (Å²) in [5, 5.41) is -0.399. The molecule has 1 saturated carbocycles. The largest absolute Gasteiger partial charge is 0.397 e. The maximum atomic E-state index is 11.8. The fraction of sp³-hybridized carbons (Fsp3) is 1.00. The van der Waals surface area contributed by atoms with E-state index in [4.69, 9.17) is 4.55 Å². The first-order valence-electron chi connectivity index (χ1n) is 5.54. The van der Waals surface area contributed by atoms with E-state index in [1.54, 1.807) is 0 Å². The van der Waals surface area contributed by atoms with Gasteiger partial charge >= 0.3 is 10.4 Å². The van der Waals surface area contributed by atoms with Crippen molar-refractivity contribution in [3.8, 4) is 0 Å². The lowest BCUT2D eigenvalue weighted by molar-refractivity contribution is 0.283. The first-order chi connectivity index (χ1) is 7.71. The van der Waals surface area contributed by atoms with E-state index >= 15 is 0 Å². The van der Waals surface area contributed by atoms with Crippen LogP contribution in [-0.2, 0) is 24.4 Å². The zero-order valence-corrected chi connectivity index (χ0v) is 11.3. The fourth-order valence-electron chi connectivity index (χ4n) is 2.01. The Bertz CT molecular complexity index is 430. The van der Waals surface area contributed by atoms with E-state index in [2.05, 4.69) is 11.1 Å². The zero-order chi connectivity index (χ0) is 13.1. The molecule has 0 aliphatic heterocycles. The van der Waals surface area contributed by atoms with Gasteiger partial charge in [-0.1, -0.05) is 6.92 Å². The predicted octanol–water partition coefficient (Wildman–Crippen LogP) is 0.799. The molecule has 8 heteroatoms. The van der Waals surface area contributed by atoms with Gasteiger partial charge in [0.05, 0.1) is 17.6 Å². The Morgan fingerprint density at radius 3 is 2.12 bits per heavy atom. The van der Waals surface area contributed by atoms with Gasteiger partial charge in [0.15, 0.2) is 9.84 Å². The molecule has 0 atom stereocenters. The van der Waals surface area contributed by atoms with Crippen LogP contribution in [0.2, 0.25) is 0 Å². The predicted molar refractivity (Wildman–Crippen MR) is 62.7 cm³/mol. The molecule has 0 unspecified atom stereocenters. The SMILES string of the molecule is CC1CCC(S(=O)(=O)CCOS(=O)(=O)O)CC1. The summed E-state index contributed by atoms with van der Waals surface area (Å²) in [5.74, 6) is 0.182. The van der Waals surface area contributed by atoms with Crippen molar-refractivity contribution in [3.63, 3.8) is 0 Å². The van der Waals surface area contributed by atoms with Gasteiger partial charge in [-0.25, -0.2) is 12.6 Å². The van der Waals surface area contributed by atoms with Crippen LogP contribution in [0.1, 0.15) is 32.6 Å². The molecule has 0 radical (unpaired) electrons. The van der Waals surface area contributed by atoms with E-state index in [-0.39, 0.29) is 5.75 Å². The number of hydrogen-bond donors (Lipinski definition) is 1. The molecule has 1 N–H and O–H groups in total. The van der Waals surface area contributed by atoms with Crippen LogP contribution in [0.15, 0.2) is 0 Å². The van der Waals surface area contributed by atoms with Gasteiger partial charge in [0.25, 0.3) is 0 Å². The Hall–Kier alpha value is -0.180. The molecular formula is C9H18O6S2. The monoisotopic (exact) mass is 286 g/mol. The molecule has 0 aromatic heterocycles. The molecule has 0 heterocycles. The zero-order valence-electron chi connectivity index (χ0n) is 9.70. The third-order valence-corrected chi connectivity index (χ3v) is 5.76. The lowest BCUT2D eigenvalue weighted by atomic mass is 9.91. The number of hydrogen-bond acceptors (Lipinski definition) is 5. The highest BCUT2D eigenvalue weighted by Gasteiger charge is 2.29. The van der Waals surface area contributed by atoms with Gasteiger partial charge in [0.1, 0.15) is 0 Å². The summed E-state index contributed by atoms with van der Waals surface area (Å²) in [4.78, 5) is 0. The first kappa shape index (κ1) is 14.9. The molecule has 0 bridgehead atoms. The molecule has 0 aromatic rings. The summed E-state index contributed by atoms with van der Waals surface area (Å²) in [5.41, 5.74) is 0. The number of sulfone groups is 1. The third-order valence-electron chi connectivity index (χ3n) is 3.07. The van der Waals surface area contributed by atoms with Gasteiger partial charge in [0, 0.05) is 0 Å². The molecule has 1 aliphatic carbocycles. The van der Waals surface area contributed by atoms with Gasteiger partial charge in [0.2, 0.25) is 0 Å². The Morgan fingerprint density at radius 2 is 1.65 bits per heavy atom. The minimum Gasteiger partial charge on any atom is -0.264 e. The molecular weight excluding hydrogens is 268 g/mol. The van der Waals surface area contributed by atoms with Crippen molar-refractivity contribution >= 4 is 20.2 Å². The van der Waals surface area contributed by atoms with E-state index in [1.807, 2.05) is 0 Å². The standard InChI is InChI=1S/C9H18O6S2/c1-8-2-4-9(5-3-8)16(10,11)7-6-15-17(12,13)14/h8-9H,2-7H2,1H3,(H,12,13,14). The van der Waals surface area contributed by atoms with E-state index in [9.17, 15) is 16.8 Å². The van der Waals surface area contributed by atoms with Crippen molar-refractivity contribution in [1.82, 2.24) is 0 Å². The highest BCUT2D eigenvalue weighted by molar-refractivity contribution is 7.92. The Balaban J connectivity index is 2.46. The Morgan fingerprint density at radius 1 is 1.12 bits per heavy atom. The summed E-state index contributed by atoms with van der Waals surface area (Å²) >= 11 is 0. The lowest BCUT2D eigenvalue weighted by Gasteiger charge is -2.25. The average Bonchev–Trinajstić information content (AvgIpc) is 2.15. The van der Waals surface area contributed by atoms with Crippen molar-refractivity contribution in [2.24, 2.45) is 5.92 Å². The lowest BCUT2D eigenvalue weighted by Crippen LogP contribution is -2.30. The molecule has 0 aromatic carbocycles. The minimum absolute atomic E-state index is 0.369. The van der Waals surface area contributed by atoms with Crippen LogP contribution in [-0.4, -0.2) is 39.0 Å². The minimum atomic E-state index is -4.55. The van der Waals surface area contributed by atoms with Crippen molar-refractivity contribution in [2.75, 3.05) is 12.4 Å². The van der Waals surface area contributed by atoms with E-state index < -0.39 is 32.1 Å².